The maximum absolute atomic E-state index is 15.2. The van der Waals surface area contributed by atoms with Crippen molar-refractivity contribution in [2.24, 2.45) is 0 Å². The van der Waals surface area contributed by atoms with Crippen LogP contribution in [0.25, 0.3) is 0 Å². The number of carbonyl (C=O) groups excluding carboxylic acids is 4. The molecule has 1 aromatic heterocycles. The number of aromatic nitrogens is 1. The summed E-state index contributed by atoms with van der Waals surface area (Å²) in [5.41, 5.74) is 1.46. The normalized spacial score (nSPS) is 19.4. The Labute approximate surface area is 230 Å². The Morgan fingerprint density at radius 2 is 1.73 bits per heavy atom. The van der Waals surface area contributed by atoms with Crippen molar-refractivity contribution in [3.05, 3.63) is 89.4 Å². The first-order valence-electron chi connectivity index (χ1n) is 13.4. The predicted molar refractivity (Wildman–Crippen MR) is 144 cm³/mol. The third kappa shape index (κ3) is 4.70. The summed E-state index contributed by atoms with van der Waals surface area (Å²) in [5.74, 6) is -1.79. The summed E-state index contributed by atoms with van der Waals surface area (Å²) in [6.07, 6.45) is 3.46. The number of para-hydroxylation sites is 1. The summed E-state index contributed by atoms with van der Waals surface area (Å²) in [7, 11) is 0. The van der Waals surface area contributed by atoms with Gasteiger partial charge in [-0.05, 0) is 61.2 Å². The minimum Gasteiger partial charge on any atom is -0.338 e. The fourth-order valence-electron chi connectivity index (χ4n) is 5.91. The second-order valence-corrected chi connectivity index (χ2v) is 10.3. The first kappa shape index (κ1) is 25.7. The van der Waals surface area contributed by atoms with Gasteiger partial charge in [-0.3, -0.25) is 24.5 Å². The van der Waals surface area contributed by atoms with Crippen LogP contribution in [0.3, 0.4) is 0 Å². The van der Waals surface area contributed by atoms with Crippen molar-refractivity contribution in [2.45, 2.75) is 44.3 Å². The molecule has 1 unspecified atom stereocenters. The highest BCUT2D eigenvalue weighted by molar-refractivity contribution is 6.06. The van der Waals surface area contributed by atoms with E-state index >= 15 is 4.39 Å². The maximum Gasteiger partial charge on any atom is 0.258 e. The van der Waals surface area contributed by atoms with E-state index in [0.29, 0.717) is 31.5 Å². The van der Waals surface area contributed by atoms with Crippen LogP contribution in [0.2, 0.25) is 0 Å². The van der Waals surface area contributed by atoms with Gasteiger partial charge in [0.15, 0.2) is 0 Å². The van der Waals surface area contributed by atoms with Crippen molar-refractivity contribution in [3.8, 4) is 0 Å². The van der Waals surface area contributed by atoms with Gasteiger partial charge in [-0.2, -0.15) is 0 Å². The highest BCUT2D eigenvalue weighted by atomic mass is 19.1. The number of piperidine rings is 2. The zero-order valence-corrected chi connectivity index (χ0v) is 21.8. The number of rotatable bonds is 5. The van der Waals surface area contributed by atoms with E-state index in [9.17, 15) is 19.2 Å². The van der Waals surface area contributed by atoms with Gasteiger partial charge in [0.25, 0.3) is 11.8 Å². The van der Waals surface area contributed by atoms with Gasteiger partial charge in [-0.1, -0.05) is 24.3 Å². The number of amides is 4. The molecule has 3 aromatic rings. The molecule has 4 heterocycles. The number of carbonyl (C=O) groups is 4. The lowest BCUT2D eigenvalue weighted by molar-refractivity contribution is -0.136. The summed E-state index contributed by atoms with van der Waals surface area (Å²) >= 11 is 0. The Morgan fingerprint density at radius 3 is 2.42 bits per heavy atom. The van der Waals surface area contributed by atoms with Crippen molar-refractivity contribution >= 4 is 35.1 Å². The van der Waals surface area contributed by atoms with Crippen LogP contribution in [0.15, 0.2) is 66.9 Å². The summed E-state index contributed by atoms with van der Waals surface area (Å²) in [6, 6.07) is 17.8. The number of pyridine rings is 1. The minimum absolute atomic E-state index is 0.0106. The molecular formula is C30H28FN5O4. The van der Waals surface area contributed by atoms with Crippen molar-refractivity contribution in [2.75, 3.05) is 18.0 Å². The Morgan fingerprint density at radius 1 is 0.975 bits per heavy atom. The number of hydrogen-bond donors (Lipinski definition) is 1. The number of fused-ring (bicyclic) bond motifs is 1. The van der Waals surface area contributed by atoms with Gasteiger partial charge in [0.1, 0.15) is 17.7 Å². The molecule has 10 heteroatoms. The average molecular weight is 542 g/mol. The molecule has 0 radical (unpaired) electrons. The molecule has 9 nitrogen and oxygen atoms in total. The van der Waals surface area contributed by atoms with Crippen LogP contribution in [-0.4, -0.2) is 63.6 Å². The molecule has 0 bridgehead atoms. The summed E-state index contributed by atoms with van der Waals surface area (Å²) < 4.78 is 15.2. The largest absolute Gasteiger partial charge is 0.338 e. The van der Waals surface area contributed by atoms with E-state index < -0.39 is 23.7 Å². The van der Waals surface area contributed by atoms with E-state index in [1.54, 1.807) is 17.2 Å². The second-order valence-electron chi connectivity index (χ2n) is 10.3. The SMILES string of the molecule is O=C1CCC(N2Cc3cc(C(=O)N4CCC(N(c5ccccc5)c5ccccn5)CC4)cc(F)c3C2=O)C(=O)N1. The van der Waals surface area contributed by atoms with E-state index in [1.807, 2.05) is 48.5 Å². The van der Waals surface area contributed by atoms with Crippen molar-refractivity contribution in [3.63, 3.8) is 0 Å². The number of imide groups is 1. The minimum atomic E-state index is -0.846. The Kier molecular flexibility index (Phi) is 6.75. The van der Waals surface area contributed by atoms with Crippen LogP contribution in [-0.2, 0) is 16.1 Å². The lowest BCUT2D eigenvalue weighted by Crippen LogP contribution is -2.52. The molecule has 0 saturated carbocycles. The maximum atomic E-state index is 15.2. The fourth-order valence-corrected chi connectivity index (χ4v) is 5.91. The van der Waals surface area contributed by atoms with E-state index in [1.165, 1.54) is 4.90 Å². The standard InChI is InChI=1S/C30H28FN5O4/c31-23-17-19(16-20-18-35(30(40)27(20)23)24-9-10-26(37)33-28(24)38)29(39)34-14-11-22(12-15-34)36(21-6-2-1-3-7-21)25-8-4-5-13-32-25/h1-8,13,16-17,22,24H,9-12,14-15,18H2,(H,33,37,38). The third-order valence-electron chi connectivity index (χ3n) is 7.87. The summed E-state index contributed by atoms with van der Waals surface area (Å²) in [4.78, 5) is 60.0. The molecule has 1 atom stereocenters. The molecule has 4 amide bonds. The Hall–Kier alpha value is -4.60. The third-order valence-corrected chi connectivity index (χ3v) is 7.87. The van der Waals surface area contributed by atoms with Gasteiger partial charge in [0.05, 0.1) is 5.56 Å². The molecule has 2 aromatic carbocycles. The highest BCUT2D eigenvalue weighted by Crippen LogP contribution is 2.33. The van der Waals surface area contributed by atoms with Crippen LogP contribution in [0.5, 0.6) is 0 Å². The number of nitrogens with zero attached hydrogens (tertiary/aromatic N) is 4. The molecule has 204 valence electrons. The van der Waals surface area contributed by atoms with Gasteiger partial charge in [0.2, 0.25) is 11.8 Å². The van der Waals surface area contributed by atoms with E-state index in [2.05, 4.69) is 15.2 Å². The number of likely N-dealkylation sites (tertiary alicyclic amines) is 1. The van der Waals surface area contributed by atoms with Crippen LogP contribution in [0, 0.1) is 5.82 Å². The molecule has 0 aliphatic carbocycles. The zero-order chi connectivity index (χ0) is 27.8. The van der Waals surface area contributed by atoms with E-state index in [4.69, 9.17) is 0 Å². The number of hydrogen-bond acceptors (Lipinski definition) is 6. The molecule has 1 N–H and O–H groups in total. The number of benzene rings is 2. The Balaban J connectivity index is 1.17. The van der Waals surface area contributed by atoms with Crippen molar-refractivity contribution in [1.82, 2.24) is 20.1 Å². The number of anilines is 2. The molecule has 3 aliphatic rings. The molecule has 2 fully saturated rings. The second kappa shape index (κ2) is 10.5. The fraction of sp³-hybridized carbons (Fsp3) is 0.300. The van der Waals surface area contributed by atoms with Crippen molar-refractivity contribution in [1.29, 1.82) is 0 Å². The molecule has 0 spiro atoms. The van der Waals surface area contributed by atoms with Crippen LogP contribution < -0.4 is 10.2 Å². The Bertz CT molecular complexity index is 1430. The molecular weight excluding hydrogens is 513 g/mol. The molecule has 2 saturated heterocycles. The predicted octanol–water partition coefficient (Wildman–Crippen LogP) is 3.42. The van der Waals surface area contributed by atoms with E-state index in [0.717, 1.165) is 17.6 Å². The van der Waals surface area contributed by atoms with Gasteiger partial charge < -0.3 is 14.7 Å². The molecule has 40 heavy (non-hydrogen) atoms. The first-order chi connectivity index (χ1) is 19.4. The molecule has 6 rings (SSSR count). The van der Waals surface area contributed by atoms with Crippen molar-refractivity contribution < 1.29 is 23.6 Å². The monoisotopic (exact) mass is 541 g/mol. The van der Waals surface area contributed by atoms with E-state index in [-0.39, 0.29) is 48.4 Å². The first-order valence-corrected chi connectivity index (χ1v) is 13.4. The topological polar surface area (TPSA) is 103 Å². The quantitative estimate of drug-likeness (QED) is 0.497. The van der Waals surface area contributed by atoms with Gasteiger partial charge in [0, 0.05) is 49.5 Å². The van der Waals surface area contributed by atoms with Crippen LogP contribution >= 0.6 is 0 Å². The average Bonchev–Trinajstić information content (AvgIpc) is 3.30. The van der Waals surface area contributed by atoms with Crippen LogP contribution in [0.4, 0.5) is 15.9 Å². The van der Waals surface area contributed by atoms with Gasteiger partial charge >= 0.3 is 0 Å². The lowest BCUT2D eigenvalue weighted by Gasteiger charge is -2.39. The summed E-state index contributed by atoms with van der Waals surface area (Å²) in [5, 5.41) is 2.24. The van der Waals surface area contributed by atoms with Gasteiger partial charge in [-0.15, -0.1) is 0 Å². The van der Waals surface area contributed by atoms with Gasteiger partial charge in [-0.25, -0.2) is 9.37 Å². The van der Waals surface area contributed by atoms with Crippen LogP contribution in [0.1, 0.15) is 52.0 Å². The highest BCUT2D eigenvalue weighted by Gasteiger charge is 2.41. The zero-order valence-electron chi connectivity index (χ0n) is 21.8. The smallest absolute Gasteiger partial charge is 0.258 e. The number of halogens is 1. The number of nitrogens with one attached hydrogen (secondary N) is 1. The summed E-state index contributed by atoms with van der Waals surface area (Å²) in [6.45, 7) is 0.982. The molecule has 3 aliphatic heterocycles. The lowest BCUT2D eigenvalue weighted by atomic mass is 10.00.